The molecule has 1 atom stereocenters. The predicted molar refractivity (Wildman–Crippen MR) is 82.0 cm³/mol. The van der Waals surface area contributed by atoms with Gasteiger partial charge in [-0.15, -0.1) is 0 Å². The molecule has 0 spiro atoms. The van der Waals surface area contributed by atoms with Gasteiger partial charge in [0.15, 0.2) is 0 Å². The Morgan fingerprint density at radius 3 is 2.95 bits per heavy atom. The molecule has 2 aromatic rings. The molecule has 0 bridgehead atoms. The first-order chi connectivity index (χ1) is 10.2. The molecule has 1 aromatic heterocycles. The minimum atomic E-state index is -0.704. The van der Waals surface area contributed by atoms with E-state index in [0.29, 0.717) is 13.0 Å². The fourth-order valence-corrected chi connectivity index (χ4v) is 3.46. The fourth-order valence-electron chi connectivity index (χ4n) is 3.46. The molecule has 0 saturated carbocycles. The second-order valence-corrected chi connectivity index (χ2v) is 5.70. The number of pyridine rings is 1. The molecule has 1 aliphatic rings. The molecule has 0 radical (unpaired) electrons. The summed E-state index contributed by atoms with van der Waals surface area (Å²) in [6.07, 6.45) is 4.14. The van der Waals surface area contributed by atoms with E-state index >= 15 is 0 Å². The molecule has 1 aromatic carbocycles. The van der Waals surface area contributed by atoms with Gasteiger partial charge in [-0.3, -0.25) is 14.7 Å². The highest BCUT2D eigenvalue weighted by Gasteiger charge is 2.45. The number of carboxylic acid groups (broad SMARTS) is 1. The number of fused-ring (bicyclic) bond motifs is 1. The molecular formula is C17H20N2O2. The number of hydrogen-bond donors (Lipinski definition) is 1. The lowest BCUT2D eigenvalue weighted by Crippen LogP contribution is -2.49. The molecule has 1 N–H and O–H groups in total. The van der Waals surface area contributed by atoms with Crippen LogP contribution in [0.3, 0.4) is 0 Å². The molecule has 1 unspecified atom stereocenters. The first-order valence-corrected chi connectivity index (χ1v) is 7.48. The summed E-state index contributed by atoms with van der Waals surface area (Å²) in [5.41, 5.74) is 1.41. The topological polar surface area (TPSA) is 53.4 Å². The van der Waals surface area contributed by atoms with Crippen LogP contribution in [0.1, 0.15) is 31.7 Å². The lowest BCUT2D eigenvalue weighted by atomic mass is 9.92. The number of carboxylic acids is 1. The SMILES string of the molecule is CCC1(C(=O)O)CCCN1Cc1ccnc2ccccc12. The van der Waals surface area contributed by atoms with Crippen molar-refractivity contribution in [2.24, 2.45) is 0 Å². The number of nitrogens with zero attached hydrogens (tertiary/aromatic N) is 2. The van der Waals surface area contributed by atoms with Gasteiger partial charge in [-0.05, 0) is 43.5 Å². The molecule has 0 amide bonds. The Kier molecular flexibility index (Phi) is 3.64. The van der Waals surface area contributed by atoms with Crippen molar-refractivity contribution >= 4 is 16.9 Å². The Morgan fingerprint density at radius 1 is 1.38 bits per heavy atom. The minimum Gasteiger partial charge on any atom is -0.480 e. The largest absolute Gasteiger partial charge is 0.480 e. The highest BCUT2D eigenvalue weighted by atomic mass is 16.4. The van der Waals surface area contributed by atoms with Crippen LogP contribution in [-0.4, -0.2) is 33.0 Å². The Hall–Kier alpha value is -1.94. The lowest BCUT2D eigenvalue weighted by Gasteiger charge is -2.34. The van der Waals surface area contributed by atoms with Gasteiger partial charge < -0.3 is 5.11 Å². The number of carbonyl (C=O) groups is 1. The van der Waals surface area contributed by atoms with Crippen LogP contribution in [0.25, 0.3) is 10.9 Å². The molecule has 110 valence electrons. The fraction of sp³-hybridized carbons (Fsp3) is 0.412. The molecule has 21 heavy (non-hydrogen) atoms. The summed E-state index contributed by atoms with van der Waals surface area (Å²) >= 11 is 0. The zero-order valence-corrected chi connectivity index (χ0v) is 12.2. The molecule has 1 aliphatic heterocycles. The van der Waals surface area contributed by atoms with E-state index in [4.69, 9.17) is 0 Å². The third-order valence-corrected chi connectivity index (χ3v) is 4.71. The van der Waals surface area contributed by atoms with Crippen molar-refractivity contribution in [1.82, 2.24) is 9.88 Å². The first-order valence-electron chi connectivity index (χ1n) is 7.48. The van der Waals surface area contributed by atoms with Crippen LogP contribution in [0, 0.1) is 0 Å². The average Bonchev–Trinajstić information content (AvgIpc) is 2.92. The van der Waals surface area contributed by atoms with Crippen LogP contribution in [0.15, 0.2) is 36.5 Å². The molecule has 1 fully saturated rings. The monoisotopic (exact) mass is 284 g/mol. The van der Waals surface area contributed by atoms with E-state index in [0.717, 1.165) is 35.9 Å². The van der Waals surface area contributed by atoms with Crippen molar-refractivity contribution in [2.75, 3.05) is 6.54 Å². The van der Waals surface area contributed by atoms with Gasteiger partial charge in [0.05, 0.1) is 5.52 Å². The van der Waals surface area contributed by atoms with E-state index in [-0.39, 0.29) is 0 Å². The number of rotatable bonds is 4. The Balaban J connectivity index is 1.96. The number of aromatic nitrogens is 1. The van der Waals surface area contributed by atoms with E-state index in [9.17, 15) is 9.90 Å². The molecule has 4 heteroatoms. The Morgan fingerprint density at radius 2 is 2.19 bits per heavy atom. The van der Waals surface area contributed by atoms with Crippen molar-refractivity contribution in [3.05, 3.63) is 42.1 Å². The number of benzene rings is 1. The molecule has 4 nitrogen and oxygen atoms in total. The highest BCUT2D eigenvalue weighted by molar-refractivity contribution is 5.82. The Bertz CT molecular complexity index is 665. The lowest BCUT2D eigenvalue weighted by molar-refractivity contribution is -0.150. The summed E-state index contributed by atoms with van der Waals surface area (Å²) in [5.74, 6) is -0.694. The van der Waals surface area contributed by atoms with E-state index in [1.54, 1.807) is 0 Å². The average molecular weight is 284 g/mol. The van der Waals surface area contributed by atoms with Gasteiger partial charge in [-0.25, -0.2) is 0 Å². The zero-order chi connectivity index (χ0) is 14.9. The zero-order valence-electron chi connectivity index (χ0n) is 12.2. The van der Waals surface area contributed by atoms with Crippen LogP contribution in [0.5, 0.6) is 0 Å². The van der Waals surface area contributed by atoms with Gasteiger partial charge in [0, 0.05) is 18.1 Å². The van der Waals surface area contributed by atoms with E-state index in [2.05, 4.69) is 16.0 Å². The maximum absolute atomic E-state index is 11.8. The smallest absolute Gasteiger partial charge is 0.324 e. The van der Waals surface area contributed by atoms with Gasteiger partial charge >= 0.3 is 5.97 Å². The number of aliphatic carboxylic acids is 1. The third-order valence-electron chi connectivity index (χ3n) is 4.71. The third kappa shape index (κ3) is 2.29. The van der Waals surface area contributed by atoms with Gasteiger partial charge in [0.1, 0.15) is 5.54 Å². The van der Waals surface area contributed by atoms with Crippen LogP contribution in [0.2, 0.25) is 0 Å². The summed E-state index contributed by atoms with van der Waals surface area (Å²) in [7, 11) is 0. The Labute approximate surface area is 124 Å². The van der Waals surface area contributed by atoms with Crippen LogP contribution >= 0.6 is 0 Å². The number of likely N-dealkylation sites (tertiary alicyclic amines) is 1. The summed E-state index contributed by atoms with van der Waals surface area (Å²) in [5, 5.41) is 10.8. The van der Waals surface area contributed by atoms with Gasteiger partial charge in [0.2, 0.25) is 0 Å². The molecule has 1 saturated heterocycles. The van der Waals surface area contributed by atoms with Crippen molar-refractivity contribution < 1.29 is 9.90 Å². The van der Waals surface area contributed by atoms with E-state index in [1.807, 2.05) is 37.4 Å². The maximum atomic E-state index is 11.8. The van der Waals surface area contributed by atoms with Crippen LogP contribution in [-0.2, 0) is 11.3 Å². The molecule has 2 heterocycles. The van der Waals surface area contributed by atoms with E-state index in [1.165, 1.54) is 0 Å². The van der Waals surface area contributed by atoms with Gasteiger partial charge in [-0.2, -0.15) is 0 Å². The van der Waals surface area contributed by atoms with Crippen LogP contribution in [0.4, 0.5) is 0 Å². The van der Waals surface area contributed by atoms with Crippen LogP contribution < -0.4 is 0 Å². The van der Waals surface area contributed by atoms with Crippen molar-refractivity contribution in [3.8, 4) is 0 Å². The second kappa shape index (κ2) is 5.45. The number of para-hydroxylation sites is 1. The quantitative estimate of drug-likeness (QED) is 0.937. The van der Waals surface area contributed by atoms with Crippen molar-refractivity contribution in [1.29, 1.82) is 0 Å². The normalized spacial score (nSPS) is 22.7. The highest BCUT2D eigenvalue weighted by Crippen LogP contribution is 2.34. The molecule has 3 rings (SSSR count). The van der Waals surface area contributed by atoms with Crippen molar-refractivity contribution in [3.63, 3.8) is 0 Å². The molecule has 0 aliphatic carbocycles. The summed E-state index contributed by atoms with van der Waals surface area (Å²) in [6, 6.07) is 10.0. The van der Waals surface area contributed by atoms with Crippen molar-refractivity contribution in [2.45, 2.75) is 38.3 Å². The summed E-state index contributed by atoms with van der Waals surface area (Å²) in [6.45, 7) is 3.48. The summed E-state index contributed by atoms with van der Waals surface area (Å²) < 4.78 is 0. The standard InChI is InChI=1S/C17H20N2O2/c1-2-17(16(20)21)9-5-11-19(17)12-13-8-10-18-15-7-4-3-6-14(13)15/h3-4,6-8,10H,2,5,9,11-12H2,1H3,(H,20,21). The summed E-state index contributed by atoms with van der Waals surface area (Å²) in [4.78, 5) is 18.3. The minimum absolute atomic E-state index is 0.644. The maximum Gasteiger partial charge on any atom is 0.324 e. The van der Waals surface area contributed by atoms with Gasteiger partial charge in [0.25, 0.3) is 0 Å². The predicted octanol–water partition coefficient (Wildman–Crippen LogP) is 3.06. The van der Waals surface area contributed by atoms with E-state index < -0.39 is 11.5 Å². The number of hydrogen-bond acceptors (Lipinski definition) is 3. The first kappa shape index (κ1) is 14.0. The molecular weight excluding hydrogens is 264 g/mol. The van der Waals surface area contributed by atoms with Gasteiger partial charge in [-0.1, -0.05) is 25.1 Å². The second-order valence-electron chi connectivity index (χ2n) is 5.70.